The van der Waals surface area contributed by atoms with E-state index < -0.39 is 21.9 Å². The van der Waals surface area contributed by atoms with Crippen LogP contribution in [0.5, 0.6) is 0 Å². The summed E-state index contributed by atoms with van der Waals surface area (Å²) in [6, 6.07) is 17.6. The number of nitrogens with zero attached hydrogens (tertiary/aromatic N) is 1. The topological polar surface area (TPSA) is 93.9 Å². The summed E-state index contributed by atoms with van der Waals surface area (Å²) in [6.45, 7) is 1.82. The van der Waals surface area contributed by atoms with Crippen LogP contribution in [-0.4, -0.2) is 33.2 Å². The average Bonchev–Trinajstić information content (AvgIpc) is 3.22. The van der Waals surface area contributed by atoms with Gasteiger partial charge in [0.25, 0.3) is 0 Å². The van der Waals surface area contributed by atoms with Gasteiger partial charge in [0.15, 0.2) is 11.5 Å². The molecular formula is C23H19NO6S. The molecule has 31 heavy (non-hydrogen) atoms. The zero-order chi connectivity index (χ0) is 22.4. The van der Waals surface area contributed by atoms with Gasteiger partial charge in [-0.05, 0) is 55.3 Å². The number of ether oxygens (including phenoxy) is 1. The highest BCUT2D eigenvalue weighted by molar-refractivity contribution is 7.92. The SMILES string of the molecule is CCOC(=O)c1cccc(N(C(=O)c2ccc(C#Cc3ccccc3)o2)S(C)(=O)=O)c1. The first-order valence-electron chi connectivity index (χ1n) is 9.28. The Morgan fingerprint density at radius 1 is 1.00 bits per heavy atom. The van der Waals surface area contributed by atoms with Crippen LogP contribution < -0.4 is 4.31 Å². The van der Waals surface area contributed by atoms with Crippen molar-refractivity contribution in [1.82, 2.24) is 0 Å². The van der Waals surface area contributed by atoms with Crippen LogP contribution in [0.3, 0.4) is 0 Å². The molecule has 0 aliphatic carbocycles. The predicted octanol–water partition coefficient (Wildman–Crippen LogP) is 3.46. The Bertz CT molecular complexity index is 1270. The molecule has 0 spiro atoms. The molecule has 0 aliphatic rings. The Morgan fingerprint density at radius 3 is 2.42 bits per heavy atom. The third-order valence-electron chi connectivity index (χ3n) is 4.03. The zero-order valence-corrected chi connectivity index (χ0v) is 17.7. The van der Waals surface area contributed by atoms with Crippen LogP contribution in [0.1, 0.15) is 39.2 Å². The second-order valence-corrected chi connectivity index (χ2v) is 8.21. The lowest BCUT2D eigenvalue weighted by Gasteiger charge is -2.19. The van der Waals surface area contributed by atoms with Crippen LogP contribution in [0.4, 0.5) is 5.69 Å². The van der Waals surface area contributed by atoms with Crippen molar-refractivity contribution >= 4 is 27.6 Å². The minimum atomic E-state index is -4.03. The van der Waals surface area contributed by atoms with Crippen molar-refractivity contribution in [3.8, 4) is 11.8 Å². The molecule has 0 aliphatic heterocycles. The molecule has 0 bridgehead atoms. The van der Waals surface area contributed by atoms with E-state index in [1.807, 2.05) is 30.3 Å². The minimum absolute atomic E-state index is 0.00799. The number of hydrogen-bond acceptors (Lipinski definition) is 6. The molecule has 7 nitrogen and oxygen atoms in total. The maximum atomic E-state index is 13.0. The van der Waals surface area contributed by atoms with Crippen LogP contribution in [0.2, 0.25) is 0 Å². The summed E-state index contributed by atoms with van der Waals surface area (Å²) in [6.07, 6.45) is 0.890. The highest BCUT2D eigenvalue weighted by atomic mass is 32.2. The first-order valence-corrected chi connectivity index (χ1v) is 11.1. The van der Waals surface area contributed by atoms with E-state index in [-0.39, 0.29) is 29.4 Å². The molecule has 8 heteroatoms. The van der Waals surface area contributed by atoms with E-state index in [1.54, 1.807) is 6.92 Å². The van der Waals surface area contributed by atoms with E-state index in [0.29, 0.717) is 4.31 Å². The average molecular weight is 437 g/mol. The Labute approximate surface area is 180 Å². The van der Waals surface area contributed by atoms with Crippen molar-refractivity contribution in [2.24, 2.45) is 0 Å². The van der Waals surface area contributed by atoms with Gasteiger partial charge in [0, 0.05) is 5.56 Å². The highest BCUT2D eigenvalue weighted by Gasteiger charge is 2.29. The van der Waals surface area contributed by atoms with Gasteiger partial charge in [0.1, 0.15) is 0 Å². The summed E-state index contributed by atoms with van der Waals surface area (Å²) in [5, 5.41) is 0. The van der Waals surface area contributed by atoms with Crippen LogP contribution in [0.15, 0.2) is 71.1 Å². The molecular weight excluding hydrogens is 418 g/mol. The summed E-state index contributed by atoms with van der Waals surface area (Å²) in [4.78, 5) is 25.0. The molecule has 1 amide bonds. The fourth-order valence-corrected chi connectivity index (χ4v) is 3.60. The van der Waals surface area contributed by atoms with E-state index in [1.165, 1.54) is 36.4 Å². The molecule has 0 N–H and O–H groups in total. The van der Waals surface area contributed by atoms with E-state index in [2.05, 4.69) is 11.8 Å². The lowest BCUT2D eigenvalue weighted by atomic mass is 10.2. The normalized spacial score (nSPS) is 10.6. The number of amides is 1. The molecule has 1 heterocycles. The van der Waals surface area contributed by atoms with Crippen molar-refractivity contribution in [2.45, 2.75) is 6.92 Å². The van der Waals surface area contributed by atoms with Crippen molar-refractivity contribution in [1.29, 1.82) is 0 Å². The third kappa shape index (κ3) is 5.41. The summed E-state index contributed by atoms with van der Waals surface area (Å²) < 4.78 is 35.7. The maximum absolute atomic E-state index is 13.0. The molecule has 0 radical (unpaired) electrons. The van der Waals surface area contributed by atoms with Gasteiger partial charge in [-0.3, -0.25) is 4.79 Å². The van der Waals surface area contributed by atoms with Gasteiger partial charge in [-0.25, -0.2) is 17.5 Å². The molecule has 0 fully saturated rings. The number of carbonyl (C=O) groups is 2. The molecule has 0 unspecified atom stereocenters. The van der Waals surface area contributed by atoms with Gasteiger partial charge in [0.05, 0.1) is 24.1 Å². The summed E-state index contributed by atoms with van der Waals surface area (Å²) in [7, 11) is -4.03. The van der Waals surface area contributed by atoms with Gasteiger partial charge in [-0.2, -0.15) is 0 Å². The Hall–Kier alpha value is -3.83. The largest absolute Gasteiger partial charge is 0.462 e. The smallest absolute Gasteiger partial charge is 0.338 e. The fourth-order valence-electron chi connectivity index (χ4n) is 2.71. The molecule has 0 saturated carbocycles. The number of furan rings is 1. The fraction of sp³-hybridized carbons (Fsp3) is 0.130. The maximum Gasteiger partial charge on any atom is 0.338 e. The van der Waals surface area contributed by atoms with Gasteiger partial charge < -0.3 is 9.15 Å². The third-order valence-corrected chi connectivity index (χ3v) is 5.07. The van der Waals surface area contributed by atoms with E-state index in [9.17, 15) is 18.0 Å². The zero-order valence-electron chi connectivity index (χ0n) is 16.9. The van der Waals surface area contributed by atoms with E-state index >= 15 is 0 Å². The van der Waals surface area contributed by atoms with Crippen LogP contribution in [-0.2, 0) is 14.8 Å². The van der Waals surface area contributed by atoms with E-state index in [0.717, 1.165) is 11.8 Å². The number of rotatable bonds is 5. The monoisotopic (exact) mass is 437 g/mol. The van der Waals surface area contributed by atoms with Gasteiger partial charge in [-0.15, -0.1) is 0 Å². The molecule has 2 aromatic carbocycles. The number of carbonyl (C=O) groups excluding carboxylic acids is 2. The predicted molar refractivity (Wildman–Crippen MR) is 115 cm³/mol. The Balaban J connectivity index is 1.92. The standard InChI is InChI=1S/C23H19NO6S/c1-3-29-23(26)18-10-7-11-19(16-18)24(31(2,27)28)22(25)21-15-14-20(30-21)13-12-17-8-5-4-6-9-17/h4-11,14-16H,3H2,1-2H3. The summed E-state index contributed by atoms with van der Waals surface area (Å²) >= 11 is 0. The van der Waals surface area contributed by atoms with Gasteiger partial charge in [-0.1, -0.05) is 30.2 Å². The molecule has 3 aromatic rings. The summed E-state index contributed by atoms with van der Waals surface area (Å²) in [5.74, 6) is 4.17. The van der Waals surface area contributed by atoms with E-state index in [4.69, 9.17) is 9.15 Å². The molecule has 0 saturated heterocycles. The second-order valence-electron chi connectivity index (χ2n) is 6.38. The first kappa shape index (κ1) is 21.9. The number of hydrogen-bond donors (Lipinski definition) is 0. The van der Waals surface area contributed by atoms with Crippen molar-refractivity contribution in [2.75, 3.05) is 17.2 Å². The van der Waals surface area contributed by atoms with Gasteiger partial charge >= 0.3 is 11.9 Å². The quantitative estimate of drug-likeness (QED) is 0.448. The number of benzene rings is 2. The van der Waals surface area contributed by atoms with Crippen molar-refractivity contribution < 1.29 is 27.2 Å². The molecule has 1 aromatic heterocycles. The van der Waals surface area contributed by atoms with Crippen molar-refractivity contribution in [3.05, 3.63) is 89.4 Å². The molecule has 0 atom stereocenters. The first-order chi connectivity index (χ1) is 14.8. The molecule has 158 valence electrons. The Kier molecular flexibility index (Phi) is 6.58. The van der Waals surface area contributed by atoms with Gasteiger partial charge in [0.2, 0.25) is 10.0 Å². The van der Waals surface area contributed by atoms with Crippen LogP contribution in [0.25, 0.3) is 0 Å². The Morgan fingerprint density at radius 2 is 1.74 bits per heavy atom. The number of anilines is 1. The lowest BCUT2D eigenvalue weighted by molar-refractivity contribution is 0.0526. The van der Waals surface area contributed by atoms with Crippen LogP contribution in [0, 0.1) is 11.8 Å². The minimum Gasteiger partial charge on any atom is -0.462 e. The highest BCUT2D eigenvalue weighted by Crippen LogP contribution is 2.23. The molecule has 3 rings (SSSR count). The van der Waals surface area contributed by atoms with Crippen molar-refractivity contribution in [3.63, 3.8) is 0 Å². The lowest BCUT2D eigenvalue weighted by Crippen LogP contribution is -2.36. The van der Waals surface area contributed by atoms with Crippen LogP contribution >= 0.6 is 0 Å². The number of esters is 1. The summed E-state index contributed by atoms with van der Waals surface area (Å²) in [5.41, 5.74) is 0.876. The second kappa shape index (κ2) is 9.32. The number of sulfonamides is 1.